The highest BCUT2D eigenvalue weighted by molar-refractivity contribution is 6.29. The topological polar surface area (TPSA) is 69.6 Å². The third-order valence-corrected chi connectivity index (χ3v) is 4.13. The quantitative estimate of drug-likeness (QED) is 0.485. The number of amides is 1. The van der Waals surface area contributed by atoms with Gasteiger partial charge in [-0.05, 0) is 24.5 Å². The second-order valence-corrected chi connectivity index (χ2v) is 5.95. The van der Waals surface area contributed by atoms with E-state index in [9.17, 15) is 4.79 Å². The molecule has 1 aliphatic heterocycles. The number of pyridine rings is 1. The third-order valence-electron chi connectivity index (χ3n) is 3.90. The molecule has 1 fully saturated rings. The first-order chi connectivity index (χ1) is 11.1. The van der Waals surface area contributed by atoms with Crippen molar-refractivity contribution in [3.8, 4) is 0 Å². The zero-order chi connectivity index (χ0) is 16.7. The number of hydrogen-bond donors (Lipinski definition) is 2. The van der Waals surface area contributed by atoms with E-state index in [4.69, 9.17) is 11.6 Å². The van der Waals surface area contributed by atoms with E-state index in [1.54, 1.807) is 19.3 Å². The Labute approximate surface area is 142 Å². The van der Waals surface area contributed by atoms with Crippen molar-refractivity contribution in [3.05, 3.63) is 29.0 Å². The van der Waals surface area contributed by atoms with Gasteiger partial charge in [-0.1, -0.05) is 24.6 Å². The summed E-state index contributed by atoms with van der Waals surface area (Å²) in [6.45, 7) is 4.22. The average Bonchev–Trinajstić information content (AvgIpc) is 3.03. The lowest BCUT2D eigenvalue weighted by Crippen LogP contribution is -2.45. The molecule has 0 saturated carbocycles. The Morgan fingerprint density at radius 2 is 2.35 bits per heavy atom. The van der Waals surface area contributed by atoms with Gasteiger partial charge in [-0.3, -0.25) is 9.79 Å². The second-order valence-electron chi connectivity index (χ2n) is 5.56. The van der Waals surface area contributed by atoms with E-state index in [0.29, 0.717) is 11.6 Å². The summed E-state index contributed by atoms with van der Waals surface area (Å²) in [6.07, 6.45) is 4.14. The van der Waals surface area contributed by atoms with Gasteiger partial charge < -0.3 is 15.5 Å². The number of nitrogens with zero attached hydrogens (tertiary/aromatic N) is 3. The Kier molecular flexibility index (Phi) is 6.65. The molecule has 1 atom stereocenters. The zero-order valence-corrected chi connectivity index (χ0v) is 14.4. The number of aromatic nitrogens is 1. The van der Waals surface area contributed by atoms with Crippen LogP contribution in [0.25, 0.3) is 0 Å². The zero-order valence-electron chi connectivity index (χ0n) is 13.7. The lowest BCUT2D eigenvalue weighted by molar-refractivity contribution is -0.129. The van der Waals surface area contributed by atoms with Gasteiger partial charge >= 0.3 is 0 Å². The highest BCUT2D eigenvalue weighted by Crippen LogP contribution is 2.10. The van der Waals surface area contributed by atoms with Crippen molar-refractivity contribution < 1.29 is 4.79 Å². The second kappa shape index (κ2) is 8.72. The minimum Gasteiger partial charge on any atom is -0.356 e. The summed E-state index contributed by atoms with van der Waals surface area (Å²) in [4.78, 5) is 21.9. The summed E-state index contributed by atoms with van der Waals surface area (Å²) in [5, 5.41) is 7.18. The molecule has 7 heteroatoms. The van der Waals surface area contributed by atoms with Crippen molar-refractivity contribution >= 4 is 23.5 Å². The van der Waals surface area contributed by atoms with Gasteiger partial charge in [-0.15, -0.1) is 0 Å². The van der Waals surface area contributed by atoms with Gasteiger partial charge in [0.25, 0.3) is 0 Å². The number of likely N-dealkylation sites (tertiary alicyclic amines) is 1. The molecular weight excluding hydrogens is 314 g/mol. The van der Waals surface area contributed by atoms with Crippen LogP contribution in [0.3, 0.4) is 0 Å². The first-order valence-electron chi connectivity index (χ1n) is 7.97. The smallest absolute Gasteiger partial charge is 0.222 e. The molecule has 2 N–H and O–H groups in total. The van der Waals surface area contributed by atoms with Crippen LogP contribution < -0.4 is 10.6 Å². The van der Waals surface area contributed by atoms with Crippen LogP contribution >= 0.6 is 11.6 Å². The lowest BCUT2D eigenvalue weighted by Gasteiger charge is -2.18. The maximum Gasteiger partial charge on any atom is 0.222 e. The van der Waals surface area contributed by atoms with E-state index in [1.807, 2.05) is 17.9 Å². The molecular formula is C16H24ClN5O. The molecule has 23 heavy (non-hydrogen) atoms. The number of halogens is 1. The Morgan fingerprint density at radius 1 is 1.52 bits per heavy atom. The fourth-order valence-electron chi connectivity index (χ4n) is 2.60. The van der Waals surface area contributed by atoms with Crippen molar-refractivity contribution in [1.29, 1.82) is 0 Å². The molecule has 6 nitrogen and oxygen atoms in total. The van der Waals surface area contributed by atoms with E-state index >= 15 is 0 Å². The van der Waals surface area contributed by atoms with Crippen LogP contribution in [-0.2, 0) is 11.2 Å². The summed E-state index contributed by atoms with van der Waals surface area (Å²) < 4.78 is 0. The SMILES string of the molecule is CCC(=O)N1CCC(NC(=NC)NCCc2ccc(Cl)nc2)C1. The maximum absolute atomic E-state index is 11.7. The normalized spacial score (nSPS) is 18.1. The third kappa shape index (κ3) is 5.39. The number of rotatable bonds is 5. The van der Waals surface area contributed by atoms with Crippen molar-refractivity contribution in [2.24, 2.45) is 4.99 Å². The van der Waals surface area contributed by atoms with E-state index in [0.717, 1.165) is 44.0 Å². The molecule has 0 radical (unpaired) electrons. The van der Waals surface area contributed by atoms with Gasteiger partial charge in [0.05, 0.1) is 0 Å². The monoisotopic (exact) mass is 337 g/mol. The number of nitrogens with one attached hydrogen (secondary N) is 2. The standard InChI is InChI=1S/C16H24ClN5O/c1-3-15(23)22-9-7-13(11-22)21-16(18-2)19-8-6-12-4-5-14(17)20-10-12/h4-5,10,13H,3,6-9,11H2,1-2H3,(H2,18,19,21). The maximum atomic E-state index is 11.7. The van der Waals surface area contributed by atoms with Gasteiger partial charge in [0.15, 0.2) is 5.96 Å². The minimum absolute atomic E-state index is 0.215. The van der Waals surface area contributed by atoms with E-state index in [2.05, 4.69) is 20.6 Å². The molecule has 2 heterocycles. The molecule has 0 aliphatic carbocycles. The van der Waals surface area contributed by atoms with Crippen LogP contribution in [-0.4, -0.2) is 54.5 Å². The molecule has 1 aromatic rings. The van der Waals surface area contributed by atoms with Gasteiger partial charge in [0, 0.05) is 45.3 Å². The van der Waals surface area contributed by atoms with Crippen LogP contribution in [0.1, 0.15) is 25.3 Å². The Hall–Kier alpha value is -1.82. The highest BCUT2D eigenvalue weighted by Gasteiger charge is 2.25. The number of aliphatic imine (C=N–C) groups is 1. The minimum atomic E-state index is 0.215. The fourth-order valence-corrected chi connectivity index (χ4v) is 2.71. The Morgan fingerprint density at radius 3 is 3.00 bits per heavy atom. The molecule has 126 valence electrons. The van der Waals surface area contributed by atoms with Gasteiger partial charge in [0.1, 0.15) is 5.15 Å². The number of carbonyl (C=O) groups is 1. The van der Waals surface area contributed by atoms with Crippen LogP contribution in [0.15, 0.2) is 23.3 Å². The molecule has 0 spiro atoms. The van der Waals surface area contributed by atoms with Crippen LogP contribution in [0.2, 0.25) is 5.15 Å². The molecule has 0 aromatic carbocycles. The molecule has 2 rings (SSSR count). The Balaban J connectivity index is 1.73. The van der Waals surface area contributed by atoms with E-state index in [-0.39, 0.29) is 11.9 Å². The molecule has 1 unspecified atom stereocenters. The summed E-state index contributed by atoms with van der Waals surface area (Å²) in [5.41, 5.74) is 1.12. The Bertz CT molecular complexity index is 546. The fraction of sp³-hybridized carbons (Fsp3) is 0.562. The van der Waals surface area contributed by atoms with Gasteiger partial charge in [-0.25, -0.2) is 4.98 Å². The predicted octanol–water partition coefficient (Wildman–Crippen LogP) is 1.45. The lowest BCUT2D eigenvalue weighted by atomic mass is 10.2. The molecule has 1 aromatic heterocycles. The number of carbonyl (C=O) groups excluding carboxylic acids is 1. The molecule has 1 saturated heterocycles. The predicted molar refractivity (Wildman–Crippen MR) is 92.7 cm³/mol. The van der Waals surface area contributed by atoms with E-state index in [1.165, 1.54) is 0 Å². The number of guanidine groups is 1. The van der Waals surface area contributed by atoms with Crippen LogP contribution in [0, 0.1) is 0 Å². The van der Waals surface area contributed by atoms with Crippen LogP contribution in [0.4, 0.5) is 0 Å². The van der Waals surface area contributed by atoms with E-state index < -0.39 is 0 Å². The van der Waals surface area contributed by atoms with Crippen molar-refractivity contribution in [2.45, 2.75) is 32.2 Å². The molecule has 0 bridgehead atoms. The van der Waals surface area contributed by atoms with Crippen molar-refractivity contribution in [3.63, 3.8) is 0 Å². The number of hydrogen-bond acceptors (Lipinski definition) is 3. The first kappa shape index (κ1) is 17.5. The molecule has 1 aliphatic rings. The van der Waals surface area contributed by atoms with Gasteiger partial charge in [-0.2, -0.15) is 0 Å². The van der Waals surface area contributed by atoms with Crippen molar-refractivity contribution in [2.75, 3.05) is 26.7 Å². The summed E-state index contributed by atoms with van der Waals surface area (Å²) in [6, 6.07) is 4.02. The van der Waals surface area contributed by atoms with Crippen molar-refractivity contribution in [1.82, 2.24) is 20.5 Å². The van der Waals surface area contributed by atoms with Gasteiger partial charge in [0.2, 0.25) is 5.91 Å². The highest BCUT2D eigenvalue weighted by atomic mass is 35.5. The summed E-state index contributed by atoms with van der Waals surface area (Å²) in [7, 11) is 1.75. The largest absolute Gasteiger partial charge is 0.356 e. The molecule has 1 amide bonds. The summed E-state index contributed by atoms with van der Waals surface area (Å²) in [5.74, 6) is 0.982. The summed E-state index contributed by atoms with van der Waals surface area (Å²) >= 11 is 5.77. The first-order valence-corrected chi connectivity index (χ1v) is 8.35. The van der Waals surface area contributed by atoms with Crippen LogP contribution in [0.5, 0.6) is 0 Å². The average molecular weight is 338 g/mol.